The number of rotatable bonds is 8. The van der Waals surface area contributed by atoms with E-state index in [1.807, 2.05) is 19.0 Å². The zero-order valence-corrected chi connectivity index (χ0v) is 13.2. The van der Waals surface area contributed by atoms with Crippen LogP contribution in [0.15, 0.2) is 18.2 Å². The van der Waals surface area contributed by atoms with Crippen LogP contribution in [-0.4, -0.2) is 48.7 Å². The molecule has 0 saturated carbocycles. The highest BCUT2D eigenvalue weighted by Gasteiger charge is 2.20. The van der Waals surface area contributed by atoms with E-state index in [9.17, 15) is 15.2 Å². The van der Waals surface area contributed by atoms with E-state index >= 15 is 0 Å². The van der Waals surface area contributed by atoms with Gasteiger partial charge in [0.2, 0.25) is 0 Å². The van der Waals surface area contributed by atoms with Crippen molar-refractivity contribution in [2.75, 3.05) is 38.6 Å². The molecule has 0 amide bonds. The summed E-state index contributed by atoms with van der Waals surface area (Å²) in [6, 6.07) is 4.97. The highest BCUT2D eigenvalue weighted by atomic mass is 16.6. The summed E-state index contributed by atoms with van der Waals surface area (Å²) in [6.07, 6.45) is 0.210. The van der Waals surface area contributed by atoms with Gasteiger partial charge in [-0.25, -0.2) is 0 Å². The highest BCUT2D eigenvalue weighted by molar-refractivity contribution is 5.64. The Morgan fingerprint density at radius 2 is 1.95 bits per heavy atom. The van der Waals surface area contributed by atoms with Crippen LogP contribution in [0.4, 0.5) is 11.4 Å². The second-order valence-corrected chi connectivity index (χ2v) is 5.47. The molecule has 0 heterocycles. The van der Waals surface area contributed by atoms with E-state index in [1.54, 1.807) is 19.1 Å². The fourth-order valence-corrected chi connectivity index (χ4v) is 2.16. The summed E-state index contributed by atoms with van der Waals surface area (Å²) in [5.74, 6) is 0. The molecule has 118 valence electrons. The molecule has 1 unspecified atom stereocenters. The van der Waals surface area contributed by atoms with E-state index in [0.29, 0.717) is 11.3 Å². The summed E-state index contributed by atoms with van der Waals surface area (Å²) in [5.41, 5.74) is 1.24. The average Bonchev–Trinajstić information content (AvgIpc) is 2.42. The van der Waals surface area contributed by atoms with Crippen molar-refractivity contribution in [2.45, 2.75) is 26.4 Å². The first-order valence-electron chi connectivity index (χ1n) is 7.22. The van der Waals surface area contributed by atoms with Crippen LogP contribution < -0.4 is 4.90 Å². The monoisotopic (exact) mass is 295 g/mol. The lowest BCUT2D eigenvalue weighted by molar-refractivity contribution is -0.384. The number of benzene rings is 1. The second kappa shape index (κ2) is 7.95. The smallest absolute Gasteiger partial charge is 0.292 e. The van der Waals surface area contributed by atoms with Gasteiger partial charge >= 0.3 is 0 Å². The number of hydrogen-bond donors (Lipinski definition) is 1. The van der Waals surface area contributed by atoms with Crippen molar-refractivity contribution < 1.29 is 10.0 Å². The van der Waals surface area contributed by atoms with Crippen LogP contribution in [0.5, 0.6) is 0 Å². The van der Waals surface area contributed by atoms with Crippen molar-refractivity contribution in [1.82, 2.24) is 4.90 Å². The van der Waals surface area contributed by atoms with E-state index in [2.05, 4.69) is 11.8 Å². The molecule has 6 nitrogen and oxygen atoms in total. The van der Waals surface area contributed by atoms with E-state index < -0.39 is 6.10 Å². The minimum absolute atomic E-state index is 0.0561. The molecule has 0 aliphatic rings. The van der Waals surface area contributed by atoms with Gasteiger partial charge in [0.1, 0.15) is 5.69 Å². The van der Waals surface area contributed by atoms with Crippen LogP contribution in [0.25, 0.3) is 0 Å². The molecule has 0 aliphatic carbocycles. The third-order valence-corrected chi connectivity index (χ3v) is 3.33. The summed E-state index contributed by atoms with van der Waals surface area (Å²) in [7, 11) is 3.96. The maximum absolute atomic E-state index is 11.3. The first-order chi connectivity index (χ1) is 9.86. The molecular weight excluding hydrogens is 270 g/mol. The summed E-state index contributed by atoms with van der Waals surface area (Å²) in [6.45, 7) is 5.99. The maximum atomic E-state index is 11.3. The van der Waals surface area contributed by atoms with Crippen molar-refractivity contribution in [3.05, 3.63) is 33.9 Å². The van der Waals surface area contributed by atoms with E-state index in [1.165, 1.54) is 6.07 Å². The van der Waals surface area contributed by atoms with Gasteiger partial charge in [0.15, 0.2) is 0 Å². The number of hydrogen-bond acceptors (Lipinski definition) is 5. The minimum Gasteiger partial charge on any atom is -0.389 e. The van der Waals surface area contributed by atoms with Gasteiger partial charge in [0, 0.05) is 25.7 Å². The van der Waals surface area contributed by atoms with Crippen LogP contribution in [0.2, 0.25) is 0 Å². The lowest BCUT2D eigenvalue weighted by Crippen LogP contribution is -2.32. The topological polar surface area (TPSA) is 69.8 Å². The fraction of sp³-hybridized carbons (Fsp3) is 0.600. The van der Waals surface area contributed by atoms with Gasteiger partial charge in [-0.3, -0.25) is 10.1 Å². The second-order valence-electron chi connectivity index (χ2n) is 5.47. The Bertz CT molecular complexity index is 475. The summed E-state index contributed by atoms with van der Waals surface area (Å²) in [4.78, 5) is 15.0. The van der Waals surface area contributed by atoms with Gasteiger partial charge in [-0.2, -0.15) is 0 Å². The SMILES string of the molecule is CCCN(CCN(C)C)c1ccc(C(C)O)cc1[N+](=O)[O-]. The number of nitro benzene ring substituents is 1. The number of nitro groups is 1. The summed E-state index contributed by atoms with van der Waals surface area (Å²) < 4.78 is 0. The first-order valence-corrected chi connectivity index (χ1v) is 7.22. The summed E-state index contributed by atoms with van der Waals surface area (Å²) in [5, 5.41) is 20.9. The van der Waals surface area contributed by atoms with Crippen molar-refractivity contribution in [1.29, 1.82) is 0 Å². The Hall–Kier alpha value is -1.66. The molecule has 0 radical (unpaired) electrons. The van der Waals surface area contributed by atoms with Gasteiger partial charge in [-0.15, -0.1) is 0 Å². The molecule has 21 heavy (non-hydrogen) atoms. The third-order valence-electron chi connectivity index (χ3n) is 3.33. The molecule has 1 rings (SSSR count). The Morgan fingerprint density at radius 1 is 1.29 bits per heavy atom. The van der Waals surface area contributed by atoms with Gasteiger partial charge < -0.3 is 14.9 Å². The quantitative estimate of drug-likeness (QED) is 0.589. The molecule has 0 bridgehead atoms. The van der Waals surface area contributed by atoms with Gasteiger partial charge in [0.05, 0.1) is 11.0 Å². The molecular formula is C15H25N3O3. The molecule has 6 heteroatoms. The average molecular weight is 295 g/mol. The van der Waals surface area contributed by atoms with Gasteiger partial charge in [0.25, 0.3) is 5.69 Å². The van der Waals surface area contributed by atoms with Crippen LogP contribution in [0, 0.1) is 10.1 Å². The Kier molecular flexibility index (Phi) is 6.58. The van der Waals surface area contributed by atoms with Crippen molar-refractivity contribution >= 4 is 11.4 Å². The zero-order chi connectivity index (χ0) is 16.0. The normalized spacial score (nSPS) is 12.5. The largest absolute Gasteiger partial charge is 0.389 e. The van der Waals surface area contributed by atoms with E-state index in [0.717, 1.165) is 26.1 Å². The molecule has 0 spiro atoms. The lowest BCUT2D eigenvalue weighted by Gasteiger charge is -2.26. The Morgan fingerprint density at radius 3 is 2.43 bits per heavy atom. The Balaban J connectivity index is 3.13. The van der Waals surface area contributed by atoms with Crippen molar-refractivity contribution in [3.8, 4) is 0 Å². The number of anilines is 1. The maximum Gasteiger partial charge on any atom is 0.292 e. The summed E-state index contributed by atoms with van der Waals surface area (Å²) >= 11 is 0. The third kappa shape index (κ3) is 4.99. The van der Waals surface area contributed by atoms with E-state index in [4.69, 9.17) is 0 Å². The van der Waals surface area contributed by atoms with Gasteiger partial charge in [-0.05, 0) is 39.1 Å². The van der Waals surface area contributed by atoms with E-state index in [-0.39, 0.29) is 10.6 Å². The molecule has 0 saturated heterocycles. The van der Waals surface area contributed by atoms with Gasteiger partial charge in [-0.1, -0.05) is 13.0 Å². The predicted molar refractivity (Wildman–Crippen MR) is 84.8 cm³/mol. The Labute approximate surface area is 126 Å². The standard InChI is InChI=1S/C15H25N3O3/c1-5-8-17(10-9-16(3)4)14-7-6-13(12(2)19)11-15(14)18(20)21/h6-7,11-12,19H,5,8-10H2,1-4H3. The zero-order valence-electron chi connectivity index (χ0n) is 13.2. The number of likely N-dealkylation sites (N-methyl/N-ethyl adjacent to an activating group) is 1. The van der Waals surface area contributed by atoms with Crippen molar-refractivity contribution in [3.63, 3.8) is 0 Å². The van der Waals surface area contributed by atoms with Crippen LogP contribution in [0.3, 0.4) is 0 Å². The number of nitrogens with zero attached hydrogens (tertiary/aromatic N) is 3. The fourth-order valence-electron chi connectivity index (χ4n) is 2.16. The van der Waals surface area contributed by atoms with Crippen LogP contribution in [-0.2, 0) is 0 Å². The predicted octanol–water partition coefficient (Wildman–Crippen LogP) is 2.43. The minimum atomic E-state index is -0.709. The first kappa shape index (κ1) is 17.4. The lowest BCUT2D eigenvalue weighted by atomic mass is 10.1. The van der Waals surface area contributed by atoms with Crippen LogP contribution >= 0.6 is 0 Å². The molecule has 1 aromatic carbocycles. The molecule has 0 fully saturated rings. The number of aliphatic hydroxyl groups is 1. The van der Waals surface area contributed by atoms with Crippen molar-refractivity contribution in [2.24, 2.45) is 0 Å². The molecule has 0 aromatic heterocycles. The van der Waals surface area contributed by atoms with Crippen LogP contribution in [0.1, 0.15) is 31.9 Å². The number of aliphatic hydroxyl groups excluding tert-OH is 1. The molecule has 0 aliphatic heterocycles. The molecule has 1 atom stereocenters. The highest BCUT2D eigenvalue weighted by Crippen LogP contribution is 2.31. The molecule has 1 N–H and O–H groups in total. The molecule has 1 aromatic rings.